The largest absolute Gasteiger partial charge is 0.480 e. The summed E-state index contributed by atoms with van der Waals surface area (Å²) >= 11 is 0. The van der Waals surface area contributed by atoms with Crippen LogP contribution in [0.2, 0.25) is 0 Å². The van der Waals surface area contributed by atoms with Crippen molar-refractivity contribution in [2.45, 2.75) is 25.9 Å². The van der Waals surface area contributed by atoms with Gasteiger partial charge in [-0.3, -0.25) is 15.2 Å². The lowest BCUT2D eigenvalue weighted by atomic mass is 10.2. The molecule has 5 heteroatoms. The molecule has 5 nitrogen and oxygen atoms in total. The van der Waals surface area contributed by atoms with Gasteiger partial charge >= 0.3 is 5.97 Å². The average molecular weight is 183 g/mol. The molecule has 0 aliphatic heterocycles. The van der Waals surface area contributed by atoms with Crippen molar-refractivity contribution in [1.82, 2.24) is 15.5 Å². The Morgan fingerprint density at radius 3 is 2.85 bits per heavy atom. The van der Waals surface area contributed by atoms with Gasteiger partial charge in [0.15, 0.2) is 0 Å². The summed E-state index contributed by atoms with van der Waals surface area (Å²) < 4.78 is 0. The van der Waals surface area contributed by atoms with Crippen LogP contribution >= 0.6 is 0 Å². The first-order valence-corrected chi connectivity index (χ1v) is 4.09. The van der Waals surface area contributed by atoms with Crippen molar-refractivity contribution in [2.75, 3.05) is 0 Å². The number of hydrogen-bond acceptors (Lipinski definition) is 3. The lowest BCUT2D eigenvalue weighted by Crippen LogP contribution is -2.35. The van der Waals surface area contributed by atoms with Crippen molar-refractivity contribution >= 4 is 5.97 Å². The molecule has 0 radical (unpaired) electrons. The van der Waals surface area contributed by atoms with E-state index in [1.165, 1.54) is 0 Å². The number of carbonyl (C=O) groups is 1. The number of carboxylic acid groups (broad SMARTS) is 1. The summed E-state index contributed by atoms with van der Waals surface area (Å²) in [4.78, 5) is 10.5. The predicted octanol–water partition coefficient (Wildman–Crippen LogP) is 0.533. The number of aliphatic carboxylic acids is 1. The zero-order chi connectivity index (χ0) is 9.84. The number of rotatable bonds is 4. The first-order chi connectivity index (χ1) is 6.11. The SMILES string of the molecule is CC(NC(C)c1ccn[nH]1)C(=O)O. The van der Waals surface area contributed by atoms with E-state index in [4.69, 9.17) is 5.11 Å². The first kappa shape index (κ1) is 9.73. The minimum atomic E-state index is -0.855. The van der Waals surface area contributed by atoms with Crippen LogP contribution in [0.25, 0.3) is 0 Å². The van der Waals surface area contributed by atoms with Crippen molar-refractivity contribution < 1.29 is 9.90 Å². The van der Waals surface area contributed by atoms with Crippen molar-refractivity contribution in [3.8, 4) is 0 Å². The maximum atomic E-state index is 10.5. The van der Waals surface area contributed by atoms with Gasteiger partial charge in [-0.1, -0.05) is 0 Å². The standard InChI is InChI=1S/C8H13N3O2/c1-5(7-3-4-9-11-7)10-6(2)8(12)13/h3-6,10H,1-2H3,(H,9,11)(H,12,13). The van der Waals surface area contributed by atoms with E-state index in [0.29, 0.717) is 0 Å². The summed E-state index contributed by atoms with van der Waals surface area (Å²) in [6.45, 7) is 3.49. The molecular formula is C8H13N3O2. The minimum absolute atomic E-state index is 0.0337. The number of H-pyrrole nitrogens is 1. The molecule has 0 saturated carbocycles. The highest BCUT2D eigenvalue weighted by Crippen LogP contribution is 2.07. The van der Waals surface area contributed by atoms with Crippen LogP contribution in [0.15, 0.2) is 12.3 Å². The Kier molecular flexibility index (Phi) is 3.02. The van der Waals surface area contributed by atoms with Crippen LogP contribution in [0.4, 0.5) is 0 Å². The van der Waals surface area contributed by atoms with Gasteiger partial charge in [-0.15, -0.1) is 0 Å². The summed E-state index contributed by atoms with van der Waals surface area (Å²) in [7, 11) is 0. The van der Waals surface area contributed by atoms with E-state index in [0.717, 1.165) is 5.69 Å². The summed E-state index contributed by atoms with van der Waals surface area (Å²) in [6.07, 6.45) is 1.64. The molecule has 1 aromatic heterocycles. The molecule has 0 saturated heterocycles. The Morgan fingerprint density at radius 2 is 2.38 bits per heavy atom. The molecule has 0 bridgehead atoms. The van der Waals surface area contributed by atoms with E-state index in [1.807, 2.05) is 13.0 Å². The number of carboxylic acids is 1. The topological polar surface area (TPSA) is 78.0 Å². The molecule has 1 heterocycles. The Balaban J connectivity index is 2.51. The molecule has 0 fully saturated rings. The fourth-order valence-electron chi connectivity index (χ4n) is 1.04. The second-order valence-electron chi connectivity index (χ2n) is 2.96. The third kappa shape index (κ3) is 2.55. The fraction of sp³-hybridized carbons (Fsp3) is 0.500. The van der Waals surface area contributed by atoms with Crippen LogP contribution in [-0.2, 0) is 4.79 Å². The van der Waals surface area contributed by atoms with Crippen molar-refractivity contribution in [1.29, 1.82) is 0 Å². The Morgan fingerprint density at radius 1 is 1.69 bits per heavy atom. The minimum Gasteiger partial charge on any atom is -0.480 e. The molecule has 1 rings (SSSR count). The normalized spacial score (nSPS) is 15.2. The lowest BCUT2D eigenvalue weighted by Gasteiger charge is -2.14. The van der Waals surface area contributed by atoms with Crippen LogP contribution in [0.1, 0.15) is 25.6 Å². The second-order valence-corrected chi connectivity index (χ2v) is 2.96. The molecule has 13 heavy (non-hydrogen) atoms. The summed E-state index contributed by atoms with van der Waals surface area (Å²) in [5, 5.41) is 18.1. The summed E-state index contributed by atoms with van der Waals surface area (Å²) in [6, 6.07) is 1.22. The highest BCUT2D eigenvalue weighted by molar-refractivity contribution is 5.72. The number of aromatic nitrogens is 2. The Bertz CT molecular complexity index is 271. The van der Waals surface area contributed by atoms with Gasteiger partial charge in [0.25, 0.3) is 0 Å². The molecule has 0 aliphatic carbocycles. The molecule has 2 atom stereocenters. The molecule has 0 aromatic carbocycles. The van der Waals surface area contributed by atoms with Crippen LogP contribution in [0.3, 0.4) is 0 Å². The first-order valence-electron chi connectivity index (χ1n) is 4.09. The van der Waals surface area contributed by atoms with Crippen molar-refractivity contribution in [2.24, 2.45) is 0 Å². The summed E-state index contributed by atoms with van der Waals surface area (Å²) in [5.74, 6) is -0.855. The molecule has 2 unspecified atom stereocenters. The average Bonchev–Trinajstić information content (AvgIpc) is 2.55. The number of nitrogens with zero attached hydrogens (tertiary/aromatic N) is 1. The van der Waals surface area contributed by atoms with Crippen molar-refractivity contribution in [3.05, 3.63) is 18.0 Å². The molecule has 0 aliphatic rings. The second kappa shape index (κ2) is 4.04. The molecule has 3 N–H and O–H groups in total. The number of hydrogen-bond donors (Lipinski definition) is 3. The molecular weight excluding hydrogens is 170 g/mol. The van der Waals surface area contributed by atoms with E-state index < -0.39 is 12.0 Å². The van der Waals surface area contributed by atoms with E-state index >= 15 is 0 Å². The van der Waals surface area contributed by atoms with Gasteiger partial charge < -0.3 is 5.11 Å². The molecule has 0 spiro atoms. The monoisotopic (exact) mass is 183 g/mol. The quantitative estimate of drug-likeness (QED) is 0.636. The molecule has 72 valence electrons. The van der Waals surface area contributed by atoms with Crippen LogP contribution in [0.5, 0.6) is 0 Å². The fourth-order valence-corrected chi connectivity index (χ4v) is 1.04. The van der Waals surface area contributed by atoms with Gasteiger partial charge in [0, 0.05) is 12.2 Å². The van der Waals surface area contributed by atoms with Gasteiger partial charge in [0.2, 0.25) is 0 Å². The third-order valence-electron chi connectivity index (χ3n) is 1.86. The zero-order valence-electron chi connectivity index (χ0n) is 7.61. The van der Waals surface area contributed by atoms with Gasteiger partial charge in [0.05, 0.1) is 5.69 Å². The highest BCUT2D eigenvalue weighted by atomic mass is 16.4. The van der Waals surface area contributed by atoms with E-state index in [9.17, 15) is 4.79 Å². The zero-order valence-corrected chi connectivity index (χ0v) is 7.61. The molecule has 0 amide bonds. The van der Waals surface area contributed by atoms with Crippen molar-refractivity contribution in [3.63, 3.8) is 0 Å². The smallest absolute Gasteiger partial charge is 0.320 e. The Labute approximate surface area is 76.2 Å². The molecule has 1 aromatic rings. The van der Waals surface area contributed by atoms with Gasteiger partial charge in [-0.05, 0) is 19.9 Å². The van der Waals surface area contributed by atoms with Crippen LogP contribution in [0, 0.1) is 0 Å². The van der Waals surface area contributed by atoms with Gasteiger partial charge in [-0.25, -0.2) is 0 Å². The predicted molar refractivity (Wildman–Crippen MR) is 47.2 cm³/mol. The maximum Gasteiger partial charge on any atom is 0.320 e. The van der Waals surface area contributed by atoms with E-state index in [1.54, 1.807) is 13.1 Å². The number of nitrogens with one attached hydrogen (secondary N) is 2. The lowest BCUT2D eigenvalue weighted by molar-refractivity contribution is -0.139. The van der Waals surface area contributed by atoms with E-state index in [2.05, 4.69) is 15.5 Å². The maximum absolute atomic E-state index is 10.5. The number of aromatic amines is 1. The van der Waals surface area contributed by atoms with Crippen LogP contribution < -0.4 is 5.32 Å². The third-order valence-corrected chi connectivity index (χ3v) is 1.86. The van der Waals surface area contributed by atoms with Gasteiger partial charge in [0.1, 0.15) is 6.04 Å². The summed E-state index contributed by atoms with van der Waals surface area (Å²) in [5.41, 5.74) is 0.883. The Hall–Kier alpha value is -1.36. The van der Waals surface area contributed by atoms with Gasteiger partial charge in [-0.2, -0.15) is 5.10 Å². The van der Waals surface area contributed by atoms with Crippen LogP contribution in [-0.4, -0.2) is 27.3 Å². The highest BCUT2D eigenvalue weighted by Gasteiger charge is 2.15. The van der Waals surface area contributed by atoms with E-state index in [-0.39, 0.29) is 6.04 Å².